The normalized spacial score (nSPS) is 14.2. The summed E-state index contributed by atoms with van der Waals surface area (Å²) in [6.45, 7) is 3.22. The van der Waals surface area contributed by atoms with Crippen molar-refractivity contribution in [3.8, 4) is 17.2 Å². The molecule has 5 rings (SSSR count). The van der Waals surface area contributed by atoms with Crippen LogP contribution in [-0.2, 0) is 0 Å². The van der Waals surface area contributed by atoms with Crippen molar-refractivity contribution < 1.29 is 0 Å². The minimum atomic E-state index is 0.620. The maximum absolute atomic E-state index is 9.37. The molecule has 1 aromatic carbocycles. The van der Waals surface area contributed by atoms with Gasteiger partial charge in [0.05, 0.1) is 10.9 Å². The van der Waals surface area contributed by atoms with Gasteiger partial charge in [-0.15, -0.1) is 11.3 Å². The van der Waals surface area contributed by atoms with Crippen molar-refractivity contribution in [1.29, 1.82) is 5.26 Å². The van der Waals surface area contributed by atoms with Crippen molar-refractivity contribution in [3.05, 3.63) is 65.9 Å². The Kier molecular flexibility index (Phi) is 4.54. The highest BCUT2D eigenvalue weighted by atomic mass is 32.1. The third kappa shape index (κ3) is 3.18. The lowest BCUT2D eigenvalue weighted by Gasteiger charge is -2.36. The molecule has 0 aliphatic carbocycles. The number of hydrogen-bond donors (Lipinski definition) is 0. The van der Waals surface area contributed by atoms with Crippen LogP contribution in [0.25, 0.3) is 21.3 Å². The van der Waals surface area contributed by atoms with E-state index in [9.17, 15) is 5.26 Å². The molecule has 0 bridgehead atoms. The van der Waals surface area contributed by atoms with E-state index in [0.717, 1.165) is 48.0 Å². The zero-order valence-electron chi connectivity index (χ0n) is 15.7. The molecule has 0 saturated carbocycles. The first-order chi connectivity index (χ1) is 14.3. The Morgan fingerprint density at radius 3 is 2.38 bits per heavy atom. The van der Waals surface area contributed by atoms with Gasteiger partial charge in [0.2, 0.25) is 0 Å². The summed E-state index contributed by atoms with van der Waals surface area (Å²) in [5, 5.41) is 12.7. The highest BCUT2D eigenvalue weighted by molar-refractivity contribution is 7.17. The standard InChI is InChI=1S/C22H18N6S/c23-13-17-7-4-8-24-20(17)27-9-11-28(12-10-27)21-19-18(16-5-2-1-3-6-16)14-29-22(19)26-15-25-21/h1-8,14-15H,9-12H2. The number of benzene rings is 1. The summed E-state index contributed by atoms with van der Waals surface area (Å²) >= 11 is 1.66. The van der Waals surface area contributed by atoms with Crippen molar-refractivity contribution in [1.82, 2.24) is 15.0 Å². The van der Waals surface area contributed by atoms with Crippen LogP contribution in [0.15, 0.2) is 60.4 Å². The van der Waals surface area contributed by atoms with Gasteiger partial charge >= 0.3 is 0 Å². The van der Waals surface area contributed by atoms with Crippen molar-refractivity contribution in [2.24, 2.45) is 0 Å². The molecule has 6 nitrogen and oxygen atoms in total. The fraction of sp³-hybridized carbons (Fsp3) is 0.182. The summed E-state index contributed by atoms with van der Waals surface area (Å²) in [4.78, 5) is 19.1. The van der Waals surface area contributed by atoms with Crippen LogP contribution in [0.4, 0.5) is 11.6 Å². The Labute approximate surface area is 172 Å². The fourth-order valence-corrected chi connectivity index (χ4v) is 4.71. The number of nitriles is 1. The van der Waals surface area contributed by atoms with Crippen LogP contribution in [0.3, 0.4) is 0 Å². The van der Waals surface area contributed by atoms with E-state index in [1.165, 1.54) is 11.1 Å². The Bertz CT molecular complexity index is 1190. The minimum absolute atomic E-state index is 0.620. The van der Waals surface area contributed by atoms with Gasteiger partial charge in [-0.25, -0.2) is 15.0 Å². The van der Waals surface area contributed by atoms with Crippen LogP contribution >= 0.6 is 11.3 Å². The van der Waals surface area contributed by atoms with Gasteiger partial charge in [0.25, 0.3) is 0 Å². The van der Waals surface area contributed by atoms with Crippen LogP contribution in [0.1, 0.15) is 5.56 Å². The molecule has 0 N–H and O–H groups in total. The smallest absolute Gasteiger partial charge is 0.146 e. The number of fused-ring (bicyclic) bond motifs is 1. The van der Waals surface area contributed by atoms with E-state index in [-0.39, 0.29) is 0 Å². The Hall–Kier alpha value is -3.50. The van der Waals surface area contributed by atoms with Crippen LogP contribution in [0.5, 0.6) is 0 Å². The molecule has 1 aliphatic rings. The highest BCUT2D eigenvalue weighted by Crippen LogP contribution is 2.38. The van der Waals surface area contributed by atoms with Gasteiger partial charge in [0, 0.05) is 43.3 Å². The molecule has 7 heteroatoms. The Balaban J connectivity index is 1.46. The molecule has 0 amide bonds. The molecule has 29 heavy (non-hydrogen) atoms. The number of pyridine rings is 1. The lowest BCUT2D eigenvalue weighted by Crippen LogP contribution is -2.47. The molecule has 142 valence electrons. The second-order valence-electron chi connectivity index (χ2n) is 6.85. The number of rotatable bonds is 3. The van der Waals surface area contributed by atoms with E-state index in [4.69, 9.17) is 0 Å². The molecule has 3 aromatic heterocycles. The fourth-order valence-electron chi connectivity index (χ4n) is 3.80. The van der Waals surface area contributed by atoms with Crippen LogP contribution < -0.4 is 9.80 Å². The van der Waals surface area contributed by atoms with E-state index >= 15 is 0 Å². The van der Waals surface area contributed by atoms with Crippen molar-refractivity contribution in [2.75, 3.05) is 36.0 Å². The van der Waals surface area contributed by atoms with Gasteiger partial charge in [0.1, 0.15) is 28.9 Å². The third-order valence-electron chi connectivity index (χ3n) is 5.22. The van der Waals surface area contributed by atoms with Gasteiger partial charge in [-0.1, -0.05) is 30.3 Å². The number of piperazine rings is 1. The van der Waals surface area contributed by atoms with E-state index in [2.05, 4.69) is 60.5 Å². The highest BCUT2D eigenvalue weighted by Gasteiger charge is 2.24. The summed E-state index contributed by atoms with van der Waals surface area (Å²) in [5.74, 6) is 1.75. The number of anilines is 2. The number of hydrogen-bond acceptors (Lipinski definition) is 7. The molecule has 0 radical (unpaired) electrons. The van der Waals surface area contributed by atoms with E-state index in [1.807, 2.05) is 12.1 Å². The van der Waals surface area contributed by atoms with Crippen LogP contribution in [0, 0.1) is 11.3 Å². The summed E-state index contributed by atoms with van der Waals surface area (Å²) in [6.07, 6.45) is 3.40. The van der Waals surface area contributed by atoms with Crippen LogP contribution in [0.2, 0.25) is 0 Å². The summed E-state index contributed by atoms with van der Waals surface area (Å²) in [7, 11) is 0. The van der Waals surface area contributed by atoms with Gasteiger partial charge in [0.15, 0.2) is 0 Å². The molecule has 1 saturated heterocycles. The lowest BCUT2D eigenvalue weighted by molar-refractivity contribution is 0.642. The molecule has 1 fully saturated rings. The monoisotopic (exact) mass is 398 g/mol. The number of aromatic nitrogens is 3. The van der Waals surface area contributed by atoms with Gasteiger partial charge in [-0.05, 0) is 17.7 Å². The maximum atomic E-state index is 9.37. The molecular formula is C22H18N6S. The molecule has 1 aliphatic heterocycles. The Morgan fingerprint density at radius 2 is 1.62 bits per heavy atom. The summed E-state index contributed by atoms with van der Waals surface area (Å²) in [6, 6.07) is 16.3. The SMILES string of the molecule is N#Cc1cccnc1N1CCN(c2ncnc3scc(-c4ccccc4)c23)CC1. The van der Waals surface area contributed by atoms with Crippen LogP contribution in [-0.4, -0.2) is 41.1 Å². The summed E-state index contributed by atoms with van der Waals surface area (Å²) in [5.41, 5.74) is 2.98. The first-order valence-electron chi connectivity index (χ1n) is 9.48. The predicted molar refractivity (Wildman–Crippen MR) is 116 cm³/mol. The maximum Gasteiger partial charge on any atom is 0.146 e. The predicted octanol–water partition coefficient (Wildman–Crippen LogP) is 3.95. The molecule has 0 unspecified atom stereocenters. The zero-order chi connectivity index (χ0) is 19.6. The first kappa shape index (κ1) is 17.6. The molecular weight excluding hydrogens is 380 g/mol. The van der Waals surface area contributed by atoms with Gasteiger partial charge in [-0.3, -0.25) is 0 Å². The average Bonchev–Trinajstić information content (AvgIpc) is 3.24. The molecule has 4 aromatic rings. The van der Waals surface area contributed by atoms with E-state index in [1.54, 1.807) is 29.9 Å². The quantitative estimate of drug-likeness (QED) is 0.520. The first-order valence-corrected chi connectivity index (χ1v) is 10.4. The third-order valence-corrected chi connectivity index (χ3v) is 6.11. The second-order valence-corrected chi connectivity index (χ2v) is 7.71. The van der Waals surface area contributed by atoms with Gasteiger partial charge < -0.3 is 9.80 Å². The molecule has 0 spiro atoms. The minimum Gasteiger partial charge on any atom is -0.352 e. The summed E-state index contributed by atoms with van der Waals surface area (Å²) < 4.78 is 0. The lowest BCUT2D eigenvalue weighted by atomic mass is 10.1. The van der Waals surface area contributed by atoms with E-state index < -0.39 is 0 Å². The second kappa shape index (κ2) is 7.49. The number of nitrogens with zero attached hydrogens (tertiary/aromatic N) is 6. The van der Waals surface area contributed by atoms with Crippen molar-refractivity contribution in [3.63, 3.8) is 0 Å². The average molecular weight is 398 g/mol. The number of thiophene rings is 1. The largest absolute Gasteiger partial charge is 0.352 e. The van der Waals surface area contributed by atoms with Gasteiger partial charge in [-0.2, -0.15) is 5.26 Å². The van der Waals surface area contributed by atoms with Crippen molar-refractivity contribution in [2.45, 2.75) is 0 Å². The van der Waals surface area contributed by atoms with E-state index in [0.29, 0.717) is 5.56 Å². The molecule has 4 heterocycles. The molecule has 0 atom stereocenters. The van der Waals surface area contributed by atoms with Crippen molar-refractivity contribution >= 4 is 33.2 Å². The Morgan fingerprint density at radius 1 is 0.862 bits per heavy atom. The zero-order valence-corrected chi connectivity index (χ0v) is 16.5. The topological polar surface area (TPSA) is 68.9 Å².